The van der Waals surface area contributed by atoms with Gasteiger partial charge >= 0.3 is 0 Å². The van der Waals surface area contributed by atoms with Crippen molar-refractivity contribution in [3.05, 3.63) is 53.9 Å². The zero-order valence-corrected chi connectivity index (χ0v) is 11.3. The SMILES string of the molecule is C/C=C(/C=C/CN=C(NC#N)c1cccnc1)CC. The van der Waals surface area contributed by atoms with E-state index in [1.165, 1.54) is 5.57 Å². The van der Waals surface area contributed by atoms with Crippen LogP contribution in [-0.2, 0) is 0 Å². The summed E-state index contributed by atoms with van der Waals surface area (Å²) in [5, 5.41) is 11.3. The Morgan fingerprint density at radius 2 is 2.42 bits per heavy atom. The van der Waals surface area contributed by atoms with Gasteiger partial charge in [0.1, 0.15) is 5.84 Å². The molecule has 0 spiro atoms. The number of allylic oxidation sites excluding steroid dienone is 3. The highest BCUT2D eigenvalue weighted by atomic mass is 15.0. The minimum Gasteiger partial charge on any atom is -0.277 e. The van der Waals surface area contributed by atoms with Gasteiger partial charge in [-0.2, -0.15) is 5.26 Å². The predicted molar refractivity (Wildman–Crippen MR) is 77.6 cm³/mol. The van der Waals surface area contributed by atoms with E-state index in [4.69, 9.17) is 5.26 Å². The third-order valence-electron chi connectivity index (χ3n) is 2.58. The molecule has 0 atom stereocenters. The van der Waals surface area contributed by atoms with Crippen LogP contribution in [0.3, 0.4) is 0 Å². The van der Waals surface area contributed by atoms with Crippen molar-refractivity contribution in [3.63, 3.8) is 0 Å². The van der Waals surface area contributed by atoms with E-state index in [0.29, 0.717) is 12.4 Å². The maximum Gasteiger partial charge on any atom is 0.182 e. The maximum atomic E-state index is 8.73. The van der Waals surface area contributed by atoms with Crippen LogP contribution in [0.15, 0.2) is 53.3 Å². The zero-order valence-electron chi connectivity index (χ0n) is 11.3. The second-order valence-electron chi connectivity index (χ2n) is 3.79. The molecule has 0 aromatic carbocycles. The molecule has 4 heteroatoms. The molecule has 0 saturated heterocycles. The Morgan fingerprint density at radius 1 is 1.58 bits per heavy atom. The van der Waals surface area contributed by atoms with Crippen LogP contribution in [0.2, 0.25) is 0 Å². The van der Waals surface area contributed by atoms with E-state index in [1.807, 2.05) is 31.3 Å². The number of rotatable bonds is 5. The number of nitriles is 1. The molecule has 1 aromatic rings. The van der Waals surface area contributed by atoms with Gasteiger partial charge in [-0.15, -0.1) is 0 Å². The minimum atomic E-state index is 0.524. The minimum absolute atomic E-state index is 0.524. The first-order chi connectivity index (χ1) is 9.31. The van der Waals surface area contributed by atoms with Crippen LogP contribution < -0.4 is 5.32 Å². The Labute approximate surface area is 114 Å². The number of aromatic nitrogens is 1. The van der Waals surface area contributed by atoms with E-state index in [0.717, 1.165) is 12.0 Å². The maximum absolute atomic E-state index is 8.73. The topological polar surface area (TPSA) is 61.1 Å². The lowest BCUT2D eigenvalue weighted by molar-refractivity contribution is 1.12. The Hall–Kier alpha value is -2.41. The van der Waals surface area contributed by atoms with Crippen molar-refractivity contribution in [2.24, 2.45) is 4.99 Å². The van der Waals surface area contributed by atoms with Gasteiger partial charge < -0.3 is 0 Å². The molecule has 0 amide bonds. The average molecular weight is 254 g/mol. The summed E-state index contributed by atoms with van der Waals surface area (Å²) in [5.41, 5.74) is 2.07. The third kappa shape index (κ3) is 5.17. The first-order valence-corrected chi connectivity index (χ1v) is 6.23. The van der Waals surface area contributed by atoms with E-state index in [1.54, 1.807) is 12.4 Å². The molecule has 4 nitrogen and oxygen atoms in total. The Morgan fingerprint density at radius 3 is 3.00 bits per heavy atom. The highest BCUT2D eigenvalue weighted by molar-refractivity contribution is 5.99. The van der Waals surface area contributed by atoms with Gasteiger partial charge in [-0.3, -0.25) is 15.3 Å². The van der Waals surface area contributed by atoms with Gasteiger partial charge in [-0.25, -0.2) is 0 Å². The van der Waals surface area contributed by atoms with E-state index < -0.39 is 0 Å². The van der Waals surface area contributed by atoms with Crippen LogP contribution >= 0.6 is 0 Å². The van der Waals surface area contributed by atoms with Crippen LogP contribution in [0.4, 0.5) is 0 Å². The number of pyridine rings is 1. The lowest BCUT2D eigenvalue weighted by Crippen LogP contribution is -2.19. The highest BCUT2D eigenvalue weighted by Gasteiger charge is 2.00. The Balaban J connectivity index is 2.73. The third-order valence-corrected chi connectivity index (χ3v) is 2.58. The molecule has 0 unspecified atom stereocenters. The van der Waals surface area contributed by atoms with Gasteiger partial charge in [0.15, 0.2) is 6.19 Å². The summed E-state index contributed by atoms with van der Waals surface area (Å²) >= 11 is 0. The number of amidine groups is 1. The molecule has 1 rings (SSSR count). The molecule has 0 fully saturated rings. The molecule has 0 radical (unpaired) electrons. The largest absolute Gasteiger partial charge is 0.277 e. The molecular formula is C15H18N4. The molecule has 1 heterocycles. The summed E-state index contributed by atoms with van der Waals surface area (Å²) in [6.45, 7) is 4.65. The van der Waals surface area contributed by atoms with Gasteiger partial charge in [0.25, 0.3) is 0 Å². The first-order valence-electron chi connectivity index (χ1n) is 6.23. The van der Waals surface area contributed by atoms with Crippen LogP contribution in [0.1, 0.15) is 25.8 Å². The highest BCUT2D eigenvalue weighted by Crippen LogP contribution is 2.02. The van der Waals surface area contributed by atoms with Crippen LogP contribution in [-0.4, -0.2) is 17.4 Å². The van der Waals surface area contributed by atoms with E-state index in [2.05, 4.69) is 34.4 Å². The smallest absolute Gasteiger partial charge is 0.182 e. The molecule has 0 aliphatic carbocycles. The standard InChI is InChI=1S/C15H18N4/c1-3-13(4-2)7-5-10-18-15(19-12-16)14-8-6-9-17-11-14/h3,5-9,11H,4,10H2,1-2H3,(H,18,19)/b7-5+,13-3+. The predicted octanol–water partition coefficient (Wildman–Crippen LogP) is 2.81. The second-order valence-corrected chi connectivity index (χ2v) is 3.79. The molecule has 0 bridgehead atoms. The molecule has 1 aromatic heterocycles. The lowest BCUT2D eigenvalue weighted by atomic mass is 10.2. The van der Waals surface area contributed by atoms with Gasteiger partial charge in [0, 0.05) is 18.0 Å². The van der Waals surface area contributed by atoms with E-state index in [9.17, 15) is 0 Å². The van der Waals surface area contributed by atoms with Crippen molar-refractivity contribution in [1.82, 2.24) is 10.3 Å². The molecule has 0 aliphatic heterocycles. The Bertz CT molecular complexity index is 507. The van der Waals surface area contributed by atoms with Crippen LogP contribution in [0.25, 0.3) is 0 Å². The van der Waals surface area contributed by atoms with Gasteiger partial charge in [0.2, 0.25) is 0 Å². The fourth-order valence-corrected chi connectivity index (χ4v) is 1.53. The van der Waals surface area contributed by atoms with Crippen molar-refractivity contribution in [2.75, 3.05) is 6.54 Å². The summed E-state index contributed by atoms with van der Waals surface area (Å²) in [6.07, 6.45) is 12.4. The lowest BCUT2D eigenvalue weighted by Gasteiger charge is -2.02. The van der Waals surface area contributed by atoms with Crippen molar-refractivity contribution < 1.29 is 0 Å². The number of hydrogen-bond acceptors (Lipinski definition) is 3. The first kappa shape index (κ1) is 14.7. The van der Waals surface area contributed by atoms with Gasteiger partial charge in [0.05, 0.1) is 6.54 Å². The molecule has 19 heavy (non-hydrogen) atoms. The Kier molecular flexibility index (Phi) is 6.67. The average Bonchev–Trinajstić information content (AvgIpc) is 2.47. The van der Waals surface area contributed by atoms with E-state index in [-0.39, 0.29) is 0 Å². The summed E-state index contributed by atoms with van der Waals surface area (Å²) in [7, 11) is 0. The quantitative estimate of drug-likeness (QED) is 0.289. The zero-order chi connectivity index (χ0) is 13.9. The molecular weight excluding hydrogens is 236 g/mol. The van der Waals surface area contributed by atoms with Crippen LogP contribution in [0.5, 0.6) is 0 Å². The van der Waals surface area contributed by atoms with Crippen molar-refractivity contribution in [3.8, 4) is 6.19 Å². The van der Waals surface area contributed by atoms with Crippen molar-refractivity contribution in [2.45, 2.75) is 20.3 Å². The van der Waals surface area contributed by atoms with Crippen molar-refractivity contribution in [1.29, 1.82) is 5.26 Å². The van der Waals surface area contributed by atoms with Crippen molar-refractivity contribution >= 4 is 5.84 Å². The second kappa shape index (κ2) is 8.65. The van der Waals surface area contributed by atoms with Crippen LogP contribution in [0, 0.1) is 11.5 Å². The summed E-state index contributed by atoms with van der Waals surface area (Å²) in [6, 6.07) is 3.68. The molecule has 0 saturated carbocycles. The number of nitrogens with zero attached hydrogens (tertiary/aromatic N) is 3. The summed E-state index contributed by atoms with van der Waals surface area (Å²) < 4.78 is 0. The monoisotopic (exact) mass is 254 g/mol. The number of aliphatic imine (C=N–C) groups is 1. The summed E-state index contributed by atoms with van der Waals surface area (Å²) in [5.74, 6) is 0.541. The molecule has 98 valence electrons. The van der Waals surface area contributed by atoms with E-state index >= 15 is 0 Å². The fourth-order valence-electron chi connectivity index (χ4n) is 1.53. The molecule has 1 N–H and O–H groups in total. The fraction of sp³-hybridized carbons (Fsp3) is 0.267. The number of nitrogens with one attached hydrogen (secondary N) is 1. The molecule has 0 aliphatic rings. The number of hydrogen-bond donors (Lipinski definition) is 1. The summed E-state index contributed by atoms with van der Waals surface area (Å²) in [4.78, 5) is 8.37. The van der Waals surface area contributed by atoms with Gasteiger partial charge in [-0.05, 0) is 25.5 Å². The van der Waals surface area contributed by atoms with Gasteiger partial charge in [-0.1, -0.05) is 30.7 Å². The normalized spacial score (nSPS) is 12.5.